The number of hydrogen-bond acceptors (Lipinski definition) is 2. The lowest BCUT2D eigenvalue weighted by molar-refractivity contribution is -0.129. The zero-order valence-corrected chi connectivity index (χ0v) is 10.1. The molecule has 2 aromatic rings. The minimum atomic E-state index is -0.421. The van der Waals surface area contributed by atoms with Gasteiger partial charge < -0.3 is 0 Å². The van der Waals surface area contributed by atoms with Crippen LogP contribution >= 0.6 is 0 Å². The number of hydrazine groups is 1. The van der Waals surface area contributed by atoms with Gasteiger partial charge in [0.15, 0.2) is 0 Å². The number of hydrogen-bond donors (Lipinski definition) is 2. The summed E-state index contributed by atoms with van der Waals surface area (Å²) in [6.45, 7) is 0. The fraction of sp³-hybridized carbons (Fsp3) is 0.267. The minimum absolute atomic E-state index is 0.0647. The zero-order valence-electron chi connectivity index (χ0n) is 10.1. The van der Waals surface area contributed by atoms with Crippen molar-refractivity contribution in [2.24, 2.45) is 5.84 Å². The monoisotopic (exact) mass is 240 g/mol. The number of carbonyl (C=O) groups excluding carboxylic acids is 1. The van der Waals surface area contributed by atoms with Crippen LogP contribution in [0.3, 0.4) is 0 Å². The summed E-state index contributed by atoms with van der Waals surface area (Å²) in [5.41, 5.74) is 3.02. The standard InChI is InChI=1S/C15H16N2O/c16-17-14(18)15(9-4-10-15)13-8-3-6-11-5-1-2-7-12(11)13/h1-3,5-8H,4,9-10,16H2,(H,17,18). The molecule has 0 aliphatic heterocycles. The molecule has 3 rings (SSSR count). The van der Waals surface area contributed by atoms with Crippen molar-refractivity contribution >= 4 is 16.7 Å². The summed E-state index contributed by atoms with van der Waals surface area (Å²) in [5, 5.41) is 2.33. The minimum Gasteiger partial charge on any atom is -0.293 e. The van der Waals surface area contributed by atoms with Crippen LogP contribution in [0.4, 0.5) is 0 Å². The maximum Gasteiger partial charge on any atom is 0.244 e. The van der Waals surface area contributed by atoms with Crippen molar-refractivity contribution in [3.8, 4) is 0 Å². The Bertz CT molecular complexity index is 597. The largest absolute Gasteiger partial charge is 0.293 e. The summed E-state index contributed by atoms with van der Waals surface area (Å²) in [4.78, 5) is 12.1. The molecule has 0 heterocycles. The highest BCUT2D eigenvalue weighted by Gasteiger charge is 2.46. The van der Waals surface area contributed by atoms with Gasteiger partial charge in [0, 0.05) is 0 Å². The average molecular weight is 240 g/mol. The lowest BCUT2D eigenvalue weighted by Crippen LogP contribution is -2.51. The molecule has 1 fully saturated rings. The number of carbonyl (C=O) groups is 1. The van der Waals surface area contributed by atoms with Gasteiger partial charge >= 0.3 is 0 Å². The zero-order chi connectivity index (χ0) is 12.6. The van der Waals surface area contributed by atoms with Crippen LogP contribution in [0.25, 0.3) is 10.8 Å². The Labute approximate surface area is 106 Å². The highest BCUT2D eigenvalue weighted by Crippen LogP contribution is 2.46. The van der Waals surface area contributed by atoms with E-state index in [0.717, 1.165) is 30.2 Å². The van der Waals surface area contributed by atoms with Crippen LogP contribution in [-0.2, 0) is 10.2 Å². The highest BCUT2D eigenvalue weighted by molar-refractivity contribution is 5.96. The molecule has 0 bridgehead atoms. The van der Waals surface area contributed by atoms with Crippen molar-refractivity contribution in [1.82, 2.24) is 5.43 Å². The van der Waals surface area contributed by atoms with Gasteiger partial charge in [0.2, 0.25) is 5.91 Å². The molecule has 0 saturated heterocycles. The molecule has 92 valence electrons. The van der Waals surface area contributed by atoms with Gasteiger partial charge in [-0.1, -0.05) is 48.9 Å². The van der Waals surface area contributed by atoms with Gasteiger partial charge in [0.25, 0.3) is 0 Å². The number of benzene rings is 2. The molecule has 0 unspecified atom stereocenters. The topological polar surface area (TPSA) is 55.1 Å². The third kappa shape index (κ3) is 1.44. The molecule has 3 nitrogen and oxygen atoms in total. The van der Waals surface area contributed by atoms with E-state index in [1.807, 2.05) is 18.2 Å². The molecular weight excluding hydrogens is 224 g/mol. The molecular formula is C15H16N2O. The normalized spacial score (nSPS) is 17.2. The fourth-order valence-corrected chi connectivity index (χ4v) is 2.93. The summed E-state index contributed by atoms with van der Waals surface area (Å²) in [6.07, 6.45) is 2.84. The SMILES string of the molecule is NNC(=O)C1(c2cccc3ccccc23)CCC1. The first-order valence-corrected chi connectivity index (χ1v) is 6.27. The van der Waals surface area contributed by atoms with Gasteiger partial charge in [0.1, 0.15) is 0 Å². The van der Waals surface area contributed by atoms with E-state index < -0.39 is 5.41 Å². The number of nitrogens with one attached hydrogen (secondary N) is 1. The van der Waals surface area contributed by atoms with Crippen LogP contribution in [0.5, 0.6) is 0 Å². The van der Waals surface area contributed by atoms with Crippen LogP contribution in [-0.4, -0.2) is 5.91 Å². The second-order valence-corrected chi connectivity index (χ2v) is 4.94. The molecule has 0 radical (unpaired) electrons. The Balaban J connectivity index is 2.22. The third-order valence-corrected chi connectivity index (χ3v) is 4.08. The molecule has 1 amide bonds. The van der Waals surface area contributed by atoms with Crippen LogP contribution in [0, 0.1) is 0 Å². The van der Waals surface area contributed by atoms with Crippen LogP contribution in [0.1, 0.15) is 24.8 Å². The molecule has 0 spiro atoms. The summed E-state index contributed by atoms with van der Waals surface area (Å²) < 4.78 is 0. The second-order valence-electron chi connectivity index (χ2n) is 4.94. The van der Waals surface area contributed by atoms with Gasteiger partial charge in [-0.25, -0.2) is 5.84 Å². The van der Waals surface area contributed by atoms with E-state index in [2.05, 4.69) is 29.7 Å². The van der Waals surface area contributed by atoms with E-state index in [-0.39, 0.29) is 5.91 Å². The quantitative estimate of drug-likeness (QED) is 0.480. The van der Waals surface area contributed by atoms with Crippen molar-refractivity contribution in [3.63, 3.8) is 0 Å². The fourth-order valence-electron chi connectivity index (χ4n) is 2.93. The van der Waals surface area contributed by atoms with Crippen molar-refractivity contribution < 1.29 is 4.79 Å². The van der Waals surface area contributed by atoms with Gasteiger partial charge in [-0.05, 0) is 29.2 Å². The number of nitrogens with two attached hydrogens (primary N) is 1. The molecule has 1 aliphatic carbocycles. The molecule has 18 heavy (non-hydrogen) atoms. The Hall–Kier alpha value is -1.87. The molecule has 0 aromatic heterocycles. The first-order chi connectivity index (χ1) is 8.78. The predicted octanol–water partition coefficient (Wildman–Crippen LogP) is 2.25. The van der Waals surface area contributed by atoms with Crippen molar-refractivity contribution in [3.05, 3.63) is 48.0 Å². The highest BCUT2D eigenvalue weighted by atomic mass is 16.2. The Morgan fingerprint density at radius 1 is 1.11 bits per heavy atom. The number of amides is 1. The van der Waals surface area contributed by atoms with Gasteiger partial charge in [-0.2, -0.15) is 0 Å². The summed E-state index contributed by atoms with van der Waals surface area (Å²) in [7, 11) is 0. The van der Waals surface area contributed by atoms with E-state index in [4.69, 9.17) is 5.84 Å². The molecule has 1 aliphatic rings. The number of rotatable bonds is 2. The van der Waals surface area contributed by atoms with Crippen molar-refractivity contribution in [2.45, 2.75) is 24.7 Å². The van der Waals surface area contributed by atoms with Gasteiger partial charge in [0.05, 0.1) is 5.41 Å². The lowest BCUT2D eigenvalue weighted by atomic mass is 9.63. The van der Waals surface area contributed by atoms with Gasteiger partial charge in [-0.3, -0.25) is 10.2 Å². The van der Waals surface area contributed by atoms with Crippen molar-refractivity contribution in [2.75, 3.05) is 0 Å². The summed E-state index contributed by atoms with van der Waals surface area (Å²) in [5.74, 6) is 5.28. The smallest absolute Gasteiger partial charge is 0.244 e. The summed E-state index contributed by atoms with van der Waals surface area (Å²) >= 11 is 0. The summed E-state index contributed by atoms with van der Waals surface area (Å²) in [6, 6.07) is 14.3. The first-order valence-electron chi connectivity index (χ1n) is 6.27. The maximum atomic E-state index is 12.1. The van der Waals surface area contributed by atoms with E-state index in [0.29, 0.717) is 0 Å². The Morgan fingerprint density at radius 2 is 1.83 bits per heavy atom. The molecule has 3 heteroatoms. The first kappa shape index (κ1) is 11.2. The molecule has 3 N–H and O–H groups in total. The lowest BCUT2D eigenvalue weighted by Gasteiger charge is -2.40. The van der Waals surface area contributed by atoms with E-state index in [1.54, 1.807) is 0 Å². The van der Waals surface area contributed by atoms with E-state index in [9.17, 15) is 4.79 Å². The van der Waals surface area contributed by atoms with Crippen LogP contribution in [0.2, 0.25) is 0 Å². The van der Waals surface area contributed by atoms with Gasteiger partial charge in [-0.15, -0.1) is 0 Å². The van der Waals surface area contributed by atoms with Crippen molar-refractivity contribution in [1.29, 1.82) is 0 Å². The van der Waals surface area contributed by atoms with Crippen LogP contribution < -0.4 is 11.3 Å². The third-order valence-electron chi connectivity index (χ3n) is 4.08. The molecule has 1 saturated carbocycles. The second kappa shape index (κ2) is 4.10. The van der Waals surface area contributed by atoms with E-state index >= 15 is 0 Å². The molecule has 2 aromatic carbocycles. The molecule has 0 atom stereocenters. The van der Waals surface area contributed by atoms with Crippen LogP contribution in [0.15, 0.2) is 42.5 Å². The Morgan fingerprint density at radius 3 is 2.50 bits per heavy atom. The predicted molar refractivity (Wildman–Crippen MR) is 71.8 cm³/mol. The number of fused-ring (bicyclic) bond motifs is 1. The van der Waals surface area contributed by atoms with E-state index in [1.165, 1.54) is 5.39 Å². The average Bonchev–Trinajstić information content (AvgIpc) is 2.37. The maximum absolute atomic E-state index is 12.1. The Kier molecular flexibility index (Phi) is 2.56.